The fourth-order valence-electron chi connectivity index (χ4n) is 8.52. The summed E-state index contributed by atoms with van der Waals surface area (Å²) < 4.78 is 49.0. The fraction of sp³-hybridized carbons (Fsp3) is 0.0192. The lowest BCUT2D eigenvalue weighted by atomic mass is 9.95. The molecule has 10 rings (SSSR count). The van der Waals surface area contributed by atoms with E-state index in [2.05, 4.69) is 30.3 Å². The van der Waals surface area contributed by atoms with Crippen molar-refractivity contribution in [3.8, 4) is 63.0 Å². The smallest absolute Gasteiger partial charge is 0.309 e. The molecule has 5 nitrogen and oxygen atoms in total. The number of fused-ring (bicyclic) bond motifs is 6. The number of para-hydroxylation sites is 2. The summed E-state index contributed by atoms with van der Waals surface area (Å²) in [5, 5.41) is 33.3. The minimum Gasteiger partial charge on any atom is -0.309 e. The van der Waals surface area contributed by atoms with Gasteiger partial charge in [-0.1, -0.05) is 91.0 Å². The Morgan fingerprint density at radius 2 is 0.833 bits per heavy atom. The van der Waals surface area contributed by atoms with Crippen LogP contribution in [0.25, 0.3) is 88.4 Å². The first-order valence-electron chi connectivity index (χ1n) is 19.1. The Morgan fingerprint density at radius 1 is 0.383 bits per heavy atom. The fourth-order valence-corrected chi connectivity index (χ4v) is 8.52. The second-order valence-corrected chi connectivity index (χ2v) is 14.6. The van der Waals surface area contributed by atoms with Crippen LogP contribution in [0.3, 0.4) is 0 Å². The highest BCUT2D eigenvalue weighted by molar-refractivity contribution is 6.12. The first kappa shape index (κ1) is 36.0. The molecule has 0 aliphatic rings. The van der Waals surface area contributed by atoms with Crippen molar-refractivity contribution in [3.63, 3.8) is 0 Å². The SMILES string of the molecule is N#Cc1ccc(-c2ccc3c(c2)c2ccccc2n3-c2cc(-c3ccccc3C(F)(F)F)c(-n3c4ccccc4c4cc(-c5ccc(C#N)cc5)ccc43)cc2C#N)cc1. The van der Waals surface area contributed by atoms with Gasteiger partial charge in [0.05, 0.1) is 67.8 Å². The molecule has 10 aromatic rings. The summed E-state index contributed by atoms with van der Waals surface area (Å²) >= 11 is 0. The minimum absolute atomic E-state index is 0.0188. The predicted molar refractivity (Wildman–Crippen MR) is 231 cm³/mol. The van der Waals surface area contributed by atoms with Gasteiger partial charge in [-0.05, 0) is 107 Å². The molecule has 60 heavy (non-hydrogen) atoms. The van der Waals surface area contributed by atoms with E-state index in [1.807, 2.05) is 106 Å². The Balaban J connectivity index is 1.27. The van der Waals surface area contributed by atoms with Crippen molar-refractivity contribution in [1.29, 1.82) is 15.8 Å². The molecule has 0 aliphatic heterocycles. The second kappa shape index (κ2) is 13.9. The van der Waals surface area contributed by atoms with Crippen LogP contribution in [0.15, 0.2) is 170 Å². The van der Waals surface area contributed by atoms with Gasteiger partial charge in [0.15, 0.2) is 0 Å². The third kappa shape index (κ3) is 5.77. The van der Waals surface area contributed by atoms with Gasteiger partial charge >= 0.3 is 6.18 Å². The molecule has 0 spiro atoms. The highest BCUT2D eigenvalue weighted by Gasteiger charge is 2.34. The number of hydrogen-bond donors (Lipinski definition) is 0. The molecule has 0 aliphatic carbocycles. The van der Waals surface area contributed by atoms with E-state index in [1.165, 1.54) is 12.1 Å². The first-order chi connectivity index (χ1) is 29.2. The van der Waals surface area contributed by atoms with E-state index in [9.17, 15) is 15.8 Å². The Labute approximate surface area is 341 Å². The molecule has 0 radical (unpaired) electrons. The van der Waals surface area contributed by atoms with Crippen LogP contribution >= 0.6 is 0 Å². The molecular weight excluding hydrogens is 752 g/mol. The molecule has 0 saturated heterocycles. The van der Waals surface area contributed by atoms with Gasteiger partial charge in [-0.25, -0.2) is 0 Å². The third-order valence-corrected chi connectivity index (χ3v) is 11.3. The molecule has 282 valence electrons. The molecule has 0 N–H and O–H groups in total. The predicted octanol–water partition coefficient (Wildman–Crippen LogP) is 13.5. The van der Waals surface area contributed by atoms with E-state index in [1.54, 1.807) is 42.5 Å². The van der Waals surface area contributed by atoms with E-state index in [-0.39, 0.29) is 11.1 Å². The Morgan fingerprint density at radius 3 is 1.33 bits per heavy atom. The molecule has 8 aromatic carbocycles. The number of nitrogens with zero attached hydrogens (tertiary/aromatic N) is 5. The maximum atomic E-state index is 15.0. The normalized spacial score (nSPS) is 11.5. The molecular formula is C52H28F3N5. The summed E-state index contributed by atoms with van der Waals surface area (Å²) in [6, 6.07) is 58.0. The van der Waals surface area contributed by atoms with Crippen LogP contribution in [-0.4, -0.2) is 9.13 Å². The molecule has 8 heteroatoms. The Hall–Kier alpha value is -8.38. The van der Waals surface area contributed by atoms with E-state index in [0.29, 0.717) is 28.1 Å². The molecule has 0 unspecified atom stereocenters. The lowest BCUT2D eigenvalue weighted by molar-refractivity contribution is -0.137. The van der Waals surface area contributed by atoms with Gasteiger partial charge in [0.2, 0.25) is 0 Å². The van der Waals surface area contributed by atoms with Crippen molar-refractivity contribution in [3.05, 3.63) is 192 Å². The van der Waals surface area contributed by atoms with Crippen LogP contribution in [-0.2, 0) is 6.18 Å². The van der Waals surface area contributed by atoms with Gasteiger partial charge in [-0.2, -0.15) is 29.0 Å². The average Bonchev–Trinajstić information content (AvgIpc) is 3.80. The summed E-state index contributed by atoms with van der Waals surface area (Å²) in [6.45, 7) is 0. The maximum Gasteiger partial charge on any atom is 0.417 e. The Kier molecular flexibility index (Phi) is 8.35. The summed E-state index contributed by atoms with van der Waals surface area (Å²) in [6.07, 6.45) is -4.67. The van der Waals surface area contributed by atoms with Crippen LogP contribution in [0.2, 0.25) is 0 Å². The summed E-state index contributed by atoms with van der Waals surface area (Å²) in [7, 11) is 0. The summed E-state index contributed by atoms with van der Waals surface area (Å²) in [5.41, 5.74) is 8.51. The van der Waals surface area contributed by atoms with Crippen LogP contribution in [0.1, 0.15) is 22.3 Å². The van der Waals surface area contributed by atoms with Gasteiger partial charge in [0.1, 0.15) is 6.07 Å². The van der Waals surface area contributed by atoms with Crippen LogP contribution in [0.4, 0.5) is 13.2 Å². The van der Waals surface area contributed by atoms with E-state index >= 15 is 13.2 Å². The minimum atomic E-state index is -4.67. The number of rotatable bonds is 5. The molecule has 0 amide bonds. The lowest BCUT2D eigenvalue weighted by Gasteiger charge is -2.21. The molecule has 0 fully saturated rings. The van der Waals surface area contributed by atoms with Gasteiger partial charge in [-0.15, -0.1) is 0 Å². The molecule has 0 bridgehead atoms. The van der Waals surface area contributed by atoms with Crippen molar-refractivity contribution >= 4 is 43.6 Å². The molecule has 2 aromatic heterocycles. The molecule has 0 atom stereocenters. The van der Waals surface area contributed by atoms with Gasteiger partial charge in [0, 0.05) is 27.1 Å². The zero-order valence-corrected chi connectivity index (χ0v) is 31.5. The van der Waals surface area contributed by atoms with Crippen molar-refractivity contribution in [2.45, 2.75) is 6.18 Å². The number of hydrogen-bond acceptors (Lipinski definition) is 3. The zero-order chi connectivity index (χ0) is 41.1. The third-order valence-electron chi connectivity index (χ3n) is 11.3. The standard InChI is InChI=1S/C52H28F3N5/c53-52(54,55)45-10-4-1-7-39(45)44-28-50(59-46-11-5-2-8-40(46)42-25-36(21-23-48(42)59)34-17-13-32(29-56)14-18-34)38(31-58)27-51(44)60-47-12-6-3-9-41(47)43-26-37(22-24-49(43)60)35-19-15-33(30-57)16-20-35/h1-28H. The number of aromatic nitrogens is 2. The number of alkyl halides is 3. The van der Waals surface area contributed by atoms with Gasteiger partial charge in [-0.3, -0.25) is 0 Å². The topological polar surface area (TPSA) is 81.2 Å². The maximum absolute atomic E-state index is 15.0. The highest BCUT2D eigenvalue weighted by atomic mass is 19.4. The van der Waals surface area contributed by atoms with Crippen molar-refractivity contribution in [1.82, 2.24) is 9.13 Å². The van der Waals surface area contributed by atoms with E-state index in [4.69, 9.17) is 0 Å². The van der Waals surface area contributed by atoms with Gasteiger partial charge in [0.25, 0.3) is 0 Å². The van der Waals surface area contributed by atoms with E-state index < -0.39 is 11.7 Å². The largest absolute Gasteiger partial charge is 0.417 e. The second-order valence-electron chi connectivity index (χ2n) is 14.6. The first-order valence-corrected chi connectivity index (χ1v) is 19.1. The van der Waals surface area contributed by atoms with Gasteiger partial charge < -0.3 is 9.13 Å². The van der Waals surface area contributed by atoms with Crippen LogP contribution in [0, 0.1) is 34.0 Å². The van der Waals surface area contributed by atoms with E-state index in [0.717, 1.165) is 71.9 Å². The number of nitriles is 3. The summed E-state index contributed by atoms with van der Waals surface area (Å²) in [5.74, 6) is 0. The van der Waals surface area contributed by atoms with Crippen molar-refractivity contribution in [2.24, 2.45) is 0 Å². The molecule has 0 saturated carbocycles. The summed E-state index contributed by atoms with van der Waals surface area (Å²) in [4.78, 5) is 0. The molecule has 2 heterocycles. The Bertz CT molecular complexity index is 3500. The van der Waals surface area contributed by atoms with Crippen molar-refractivity contribution in [2.75, 3.05) is 0 Å². The van der Waals surface area contributed by atoms with Crippen molar-refractivity contribution < 1.29 is 13.2 Å². The monoisotopic (exact) mass is 779 g/mol. The quantitative estimate of drug-likeness (QED) is 0.174. The number of benzene rings is 8. The average molecular weight is 780 g/mol. The van der Waals surface area contributed by atoms with Crippen LogP contribution in [0.5, 0.6) is 0 Å². The number of halogens is 3. The van der Waals surface area contributed by atoms with Crippen LogP contribution < -0.4 is 0 Å². The highest BCUT2D eigenvalue weighted by Crippen LogP contribution is 2.45. The zero-order valence-electron chi connectivity index (χ0n) is 31.5. The lowest BCUT2D eigenvalue weighted by Crippen LogP contribution is -2.09.